The molecule has 0 saturated carbocycles. The van der Waals surface area contributed by atoms with Gasteiger partial charge in [0.2, 0.25) is 0 Å². The van der Waals surface area contributed by atoms with Gasteiger partial charge >= 0.3 is 0 Å². The van der Waals surface area contributed by atoms with Gasteiger partial charge in [0.25, 0.3) is 5.91 Å². The third-order valence-electron chi connectivity index (χ3n) is 4.47. The standard InChI is InChI=1S/C19H19N3OS/c23-19(15-6-7-17-18(10-15)21-13-20-17)22-9-8-14(11-22)12-24-16-4-2-1-3-5-16/h1-7,10,13-14H,8-9,11-12H2,(H,20,21)/t14-/m0/s1. The zero-order chi connectivity index (χ0) is 16.4. The molecule has 1 amide bonds. The highest BCUT2D eigenvalue weighted by Gasteiger charge is 2.27. The molecule has 0 bridgehead atoms. The fourth-order valence-electron chi connectivity index (χ4n) is 3.14. The number of fused-ring (bicyclic) bond motifs is 1. The van der Waals surface area contributed by atoms with Gasteiger partial charge in [-0.3, -0.25) is 4.79 Å². The second kappa shape index (κ2) is 6.69. The molecule has 0 aliphatic carbocycles. The molecule has 122 valence electrons. The van der Waals surface area contributed by atoms with Gasteiger partial charge in [-0.1, -0.05) is 18.2 Å². The lowest BCUT2D eigenvalue weighted by molar-refractivity contribution is 0.0788. The van der Waals surface area contributed by atoms with Crippen molar-refractivity contribution in [2.75, 3.05) is 18.8 Å². The van der Waals surface area contributed by atoms with Crippen LogP contribution in [0.5, 0.6) is 0 Å². The number of carbonyl (C=O) groups excluding carboxylic acids is 1. The average molecular weight is 337 g/mol. The summed E-state index contributed by atoms with van der Waals surface area (Å²) in [7, 11) is 0. The van der Waals surface area contributed by atoms with Crippen LogP contribution in [-0.4, -0.2) is 39.6 Å². The number of aromatic nitrogens is 2. The number of nitrogens with zero attached hydrogens (tertiary/aromatic N) is 2. The molecule has 1 aliphatic rings. The van der Waals surface area contributed by atoms with Crippen LogP contribution in [0, 0.1) is 5.92 Å². The predicted octanol–water partition coefficient (Wildman–Crippen LogP) is 3.82. The van der Waals surface area contributed by atoms with Crippen molar-refractivity contribution in [2.24, 2.45) is 5.92 Å². The van der Waals surface area contributed by atoms with Crippen LogP contribution in [-0.2, 0) is 0 Å². The zero-order valence-electron chi connectivity index (χ0n) is 13.3. The van der Waals surface area contributed by atoms with Gasteiger partial charge in [0.15, 0.2) is 0 Å². The number of benzene rings is 2. The molecule has 3 aromatic rings. The van der Waals surface area contributed by atoms with E-state index < -0.39 is 0 Å². The number of rotatable bonds is 4. The fraction of sp³-hybridized carbons (Fsp3) is 0.263. The topological polar surface area (TPSA) is 49.0 Å². The minimum atomic E-state index is 0.124. The smallest absolute Gasteiger partial charge is 0.253 e. The molecule has 0 unspecified atom stereocenters. The van der Waals surface area contributed by atoms with Gasteiger partial charge in [-0.05, 0) is 42.7 Å². The van der Waals surface area contributed by atoms with E-state index in [9.17, 15) is 4.79 Å². The molecule has 4 rings (SSSR count). The molecule has 1 atom stereocenters. The van der Waals surface area contributed by atoms with Crippen LogP contribution in [0.4, 0.5) is 0 Å². The van der Waals surface area contributed by atoms with Gasteiger partial charge in [-0.25, -0.2) is 4.98 Å². The molecule has 1 aliphatic heterocycles. The maximum absolute atomic E-state index is 12.7. The van der Waals surface area contributed by atoms with Gasteiger partial charge in [0.1, 0.15) is 0 Å². The van der Waals surface area contributed by atoms with E-state index >= 15 is 0 Å². The number of H-pyrrole nitrogens is 1. The molecule has 0 spiro atoms. The van der Waals surface area contributed by atoms with Gasteiger partial charge < -0.3 is 9.88 Å². The van der Waals surface area contributed by atoms with Crippen molar-refractivity contribution in [3.63, 3.8) is 0 Å². The summed E-state index contributed by atoms with van der Waals surface area (Å²) < 4.78 is 0. The quantitative estimate of drug-likeness (QED) is 0.736. The lowest BCUT2D eigenvalue weighted by atomic mass is 10.1. The fourth-order valence-corrected chi connectivity index (χ4v) is 4.18. The second-order valence-electron chi connectivity index (χ2n) is 6.16. The largest absolute Gasteiger partial charge is 0.345 e. The first kappa shape index (κ1) is 15.3. The Hall–Kier alpha value is -2.27. The molecule has 24 heavy (non-hydrogen) atoms. The highest BCUT2D eigenvalue weighted by Crippen LogP contribution is 2.27. The highest BCUT2D eigenvalue weighted by molar-refractivity contribution is 7.99. The summed E-state index contributed by atoms with van der Waals surface area (Å²) in [6.07, 6.45) is 2.74. The Morgan fingerprint density at radius 1 is 1.25 bits per heavy atom. The van der Waals surface area contributed by atoms with E-state index in [0.717, 1.165) is 41.9 Å². The maximum atomic E-state index is 12.7. The third-order valence-corrected chi connectivity index (χ3v) is 5.71. The predicted molar refractivity (Wildman–Crippen MR) is 97.3 cm³/mol. The number of aromatic amines is 1. The van der Waals surface area contributed by atoms with E-state index in [0.29, 0.717) is 5.92 Å². The van der Waals surface area contributed by atoms with Crippen molar-refractivity contribution in [2.45, 2.75) is 11.3 Å². The Bertz CT molecular complexity index is 846. The van der Waals surface area contributed by atoms with Crippen molar-refractivity contribution in [1.29, 1.82) is 0 Å². The number of amides is 1. The number of nitrogens with one attached hydrogen (secondary N) is 1. The van der Waals surface area contributed by atoms with Crippen LogP contribution in [0.25, 0.3) is 11.0 Å². The minimum Gasteiger partial charge on any atom is -0.345 e. The molecule has 4 nitrogen and oxygen atoms in total. The first-order valence-electron chi connectivity index (χ1n) is 8.20. The number of thioether (sulfide) groups is 1. The van der Waals surface area contributed by atoms with E-state index in [4.69, 9.17) is 0 Å². The van der Waals surface area contributed by atoms with Crippen molar-refractivity contribution >= 4 is 28.7 Å². The minimum absolute atomic E-state index is 0.124. The number of likely N-dealkylation sites (tertiary alicyclic amines) is 1. The van der Waals surface area contributed by atoms with Crippen LogP contribution >= 0.6 is 11.8 Å². The molecule has 2 heterocycles. The molecule has 1 fully saturated rings. The summed E-state index contributed by atoms with van der Waals surface area (Å²) >= 11 is 1.88. The molecular weight excluding hydrogens is 318 g/mol. The van der Waals surface area contributed by atoms with Crippen molar-refractivity contribution in [3.05, 3.63) is 60.4 Å². The van der Waals surface area contributed by atoms with Gasteiger partial charge in [0, 0.05) is 29.3 Å². The van der Waals surface area contributed by atoms with E-state index in [1.165, 1.54) is 4.90 Å². The lowest BCUT2D eigenvalue weighted by Crippen LogP contribution is -2.28. The number of hydrogen-bond donors (Lipinski definition) is 1. The summed E-state index contributed by atoms with van der Waals surface area (Å²) in [6.45, 7) is 1.69. The van der Waals surface area contributed by atoms with E-state index in [-0.39, 0.29) is 5.91 Å². The summed E-state index contributed by atoms with van der Waals surface area (Å²) in [5.74, 6) is 1.75. The molecule has 1 N–H and O–H groups in total. The molecule has 0 radical (unpaired) electrons. The highest BCUT2D eigenvalue weighted by atomic mass is 32.2. The third kappa shape index (κ3) is 3.17. The van der Waals surface area contributed by atoms with Gasteiger partial charge in [-0.2, -0.15) is 0 Å². The van der Waals surface area contributed by atoms with E-state index in [1.807, 2.05) is 40.9 Å². The Morgan fingerprint density at radius 3 is 3.00 bits per heavy atom. The molecular formula is C19H19N3OS. The first-order valence-corrected chi connectivity index (χ1v) is 9.18. The molecule has 2 aromatic carbocycles. The Labute approximate surface area is 145 Å². The number of hydrogen-bond acceptors (Lipinski definition) is 3. The summed E-state index contributed by atoms with van der Waals surface area (Å²) in [5.41, 5.74) is 2.55. The maximum Gasteiger partial charge on any atom is 0.253 e. The van der Waals surface area contributed by atoms with Crippen LogP contribution in [0.2, 0.25) is 0 Å². The van der Waals surface area contributed by atoms with Crippen LogP contribution < -0.4 is 0 Å². The Balaban J connectivity index is 1.38. The molecule has 1 saturated heterocycles. The van der Waals surface area contributed by atoms with Crippen LogP contribution in [0.3, 0.4) is 0 Å². The SMILES string of the molecule is O=C(c1ccc2nc[nH]c2c1)N1CC[C@H](CSc2ccccc2)C1. The average Bonchev–Trinajstić information content (AvgIpc) is 3.29. The Morgan fingerprint density at radius 2 is 2.12 bits per heavy atom. The summed E-state index contributed by atoms with van der Waals surface area (Å²) in [5, 5.41) is 0. The normalized spacial score (nSPS) is 17.5. The van der Waals surface area contributed by atoms with Gasteiger partial charge in [-0.15, -0.1) is 11.8 Å². The van der Waals surface area contributed by atoms with Gasteiger partial charge in [0.05, 0.1) is 17.4 Å². The van der Waals surface area contributed by atoms with Crippen LogP contribution in [0.1, 0.15) is 16.8 Å². The molecule has 5 heteroatoms. The second-order valence-corrected chi connectivity index (χ2v) is 7.26. The van der Waals surface area contributed by atoms with Crippen molar-refractivity contribution < 1.29 is 4.79 Å². The van der Waals surface area contributed by atoms with Crippen molar-refractivity contribution in [3.8, 4) is 0 Å². The summed E-state index contributed by atoms with van der Waals surface area (Å²) in [4.78, 5) is 23.3. The van der Waals surface area contributed by atoms with Crippen LogP contribution in [0.15, 0.2) is 59.8 Å². The Kier molecular flexibility index (Phi) is 4.26. The monoisotopic (exact) mass is 337 g/mol. The molecule has 1 aromatic heterocycles. The lowest BCUT2D eigenvalue weighted by Gasteiger charge is -2.16. The van der Waals surface area contributed by atoms with Crippen molar-refractivity contribution in [1.82, 2.24) is 14.9 Å². The van der Waals surface area contributed by atoms with E-state index in [1.54, 1.807) is 6.33 Å². The number of imidazole rings is 1. The summed E-state index contributed by atoms with van der Waals surface area (Å²) in [6, 6.07) is 16.1. The first-order chi connectivity index (χ1) is 11.8. The number of carbonyl (C=O) groups is 1. The zero-order valence-corrected chi connectivity index (χ0v) is 14.1. The van der Waals surface area contributed by atoms with E-state index in [2.05, 4.69) is 34.2 Å².